The average molecular weight is 239 g/mol. The Bertz CT molecular complexity index is 48.5. The predicted molar refractivity (Wildman–Crippen MR) is 44.0 cm³/mol. The van der Waals surface area contributed by atoms with E-state index < -0.39 is 0 Å². The van der Waals surface area contributed by atoms with E-state index in [1.54, 1.807) is 0 Å². The van der Waals surface area contributed by atoms with E-state index in [2.05, 4.69) is 20.8 Å². The van der Waals surface area contributed by atoms with Gasteiger partial charge in [0.05, 0.1) is 0 Å². The molecule has 0 heterocycles. The molecule has 0 aliphatic carbocycles. The molecule has 0 bridgehead atoms. The predicted octanol–water partition coefficient (Wildman–Crippen LogP) is 3.38. The van der Waals surface area contributed by atoms with Crippen LogP contribution in [0.5, 0.6) is 0 Å². The zero-order chi connectivity index (χ0) is 6.41. The molecule has 0 aromatic heterocycles. The summed E-state index contributed by atoms with van der Waals surface area (Å²) < 4.78 is 0. The van der Waals surface area contributed by atoms with Crippen LogP contribution in [0.15, 0.2) is 0 Å². The van der Waals surface area contributed by atoms with Gasteiger partial charge in [0, 0.05) is 22.4 Å². The van der Waals surface area contributed by atoms with Crippen molar-refractivity contribution in [1.82, 2.24) is 6.15 Å². The van der Waals surface area contributed by atoms with Crippen LogP contribution in [0.3, 0.4) is 0 Å². The van der Waals surface area contributed by atoms with Gasteiger partial charge < -0.3 is 6.15 Å². The van der Waals surface area contributed by atoms with Crippen LogP contribution in [0.25, 0.3) is 0 Å². The van der Waals surface area contributed by atoms with Crippen molar-refractivity contribution in [3.63, 3.8) is 0 Å². The molecule has 1 radical (unpaired) electrons. The summed E-state index contributed by atoms with van der Waals surface area (Å²) in [5.41, 5.74) is 0. The monoisotopic (exact) mass is 238 g/mol. The summed E-state index contributed by atoms with van der Waals surface area (Å²) >= 11 is 0. The van der Waals surface area contributed by atoms with Gasteiger partial charge in [-0.15, -0.1) is 0 Å². The van der Waals surface area contributed by atoms with Gasteiger partial charge in [-0.05, 0) is 5.92 Å². The van der Waals surface area contributed by atoms with Gasteiger partial charge in [0.25, 0.3) is 0 Å². The summed E-state index contributed by atoms with van der Waals surface area (Å²) in [5.74, 6) is 0.954. The van der Waals surface area contributed by atoms with E-state index in [9.17, 15) is 0 Å². The van der Waals surface area contributed by atoms with Crippen LogP contribution in [0, 0.1) is 5.92 Å². The molecular weight excluding hydrogens is 218 g/mol. The van der Waals surface area contributed by atoms with Gasteiger partial charge in [0.15, 0.2) is 0 Å². The van der Waals surface area contributed by atoms with Crippen LogP contribution in [0.2, 0.25) is 0 Å². The zero-order valence-electron chi connectivity index (χ0n) is 7.41. The molecular formula is C8H21AgN. The van der Waals surface area contributed by atoms with Crippen LogP contribution < -0.4 is 6.15 Å². The Morgan fingerprint density at radius 2 is 1.70 bits per heavy atom. The molecule has 1 nitrogen and oxygen atoms in total. The molecule has 1 atom stereocenters. The van der Waals surface area contributed by atoms with Crippen molar-refractivity contribution in [3.05, 3.63) is 0 Å². The SMILES string of the molecule is CCCCC(C)CC.N.[Ag]. The third kappa shape index (κ3) is 11.5. The van der Waals surface area contributed by atoms with Gasteiger partial charge in [-0.25, -0.2) is 0 Å². The third-order valence-corrected chi connectivity index (χ3v) is 1.75. The van der Waals surface area contributed by atoms with E-state index in [0.29, 0.717) is 0 Å². The second-order valence-electron chi connectivity index (χ2n) is 2.66. The maximum absolute atomic E-state index is 2.33. The van der Waals surface area contributed by atoms with Gasteiger partial charge in [-0.3, -0.25) is 0 Å². The maximum Gasteiger partial charge on any atom is 0 e. The Labute approximate surface area is 81.1 Å². The van der Waals surface area contributed by atoms with E-state index in [0.717, 1.165) is 5.92 Å². The van der Waals surface area contributed by atoms with Crippen molar-refractivity contribution < 1.29 is 22.4 Å². The number of hydrogen-bond acceptors (Lipinski definition) is 1. The summed E-state index contributed by atoms with van der Waals surface area (Å²) in [6.07, 6.45) is 5.53. The zero-order valence-corrected chi connectivity index (χ0v) is 8.90. The molecule has 0 saturated carbocycles. The first-order valence-corrected chi connectivity index (χ1v) is 3.81. The molecule has 0 spiro atoms. The Morgan fingerprint density at radius 3 is 2.00 bits per heavy atom. The summed E-state index contributed by atoms with van der Waals surface area (Å²) in [6, 6.07) is 0. The van der Waals surface area contributed by atoms with Crippen molar-refractivity contribution in [3.8, 4) is 0 Å². The topological polar surface area (TPSA) is 35.0 Å². The fraction of sp³-hybridized carbons (Fsp3) is 1.00. The normalized spacial score (nSPS) is 11.1. The van der Waals surface area contributed by atoms with Crippen molar-refractivity contribution in [2.45, 2.75) is 46.5 Å². The van der Waals surface area contributed by atoms with Crippen LogP contribution in [-0.4, -0.2) is 0 Å². The summed E-state index contributed by atoms with van der Waals surface area (Å²) in [5, 5.41) is 0. The van der Waals surface area contributed by atoms with Crippen LogP contribution >= 0.6 is 0 Å². The molecule has 0 saturated heterocycles. The summed E-state index contributed by atoms with van der Waals surface area (Å²) in [6.45, 7) is 6.85. The molecule has 0 rings (SSSR count). The second kappa shape index (κ2) is 12.4. The van der Waals surface area contributed by atoms with Gasteiger partial charge >= 0.3 is 0 Å². The van der Waals surface area contributed by atoms with Gasteiger partial charge in [-0.1, -0.05) is 46.5 Å². The molecule has 2 heteroatoms. The van der Waals surface area contributed by atoms with E-state index in [-0.39, 0.29) is 28.5 Å². The van der Waals surface area contributed by atoms with E-state index >= 15 is 0 Å². The Kier molecular flexibility index (Phi) is 21.0. The van der Waals surface area contributed by atoms with Crippen LogP contribution in [-0.2, 0) is 22.4 Å². The molecule has 3 N–H and O–H groups in total. The third-order valence-electron chi connectivity index (χ3n) is 1.75. The van der Waals surface area contributed by atoms with E-state index in [1.165, 1.54) is 25.7 Å². The molecule has 10 heavy (non-hydrogen) atoms. The van der Waals surface area contributed by atoms with Crippen molar-refractivity contribution in [2.24, 2.45) is 5.92 Å². The Hall–Kier alpha value is 0.700. The molecule has 0 fully saturated rings. The maximum atomic E-state index is 2.33. The summed E-state index contributed by atoms with van der Waals surface area (Å²) in [4.78, 5) is 0. The number of rotatable bonds is 4. The molecule has 0 aromatic rings. The quantitative estimate of drug-likeness (QED) is 0.750. The minimum absolute atomic E-state index is 0. The summed E-state index contributed by atoms with van der Waals surface area (Å²) in [7, 11) is 0. The standard InChI is InChI=1S/C8H18.Ag.H3N/c1-4-6-7-8(3)5-2;;/h8H,4-7H2,1-3H3;;1H3. The smallest absolute Gasteiger partial charge is 0 e. The molecule has 0 aliphatic heterocycles. The fourth-order valence-corrected chi connectivity index (χ4v) is 0.757. The Balaban J connectivity index is -0.000000245. The largest absolute Gasteiger partial charge is 0.344 e. The molecule has 0 aliphatic rings. The van der Waals surface area contributed by atoms with Crippen molar-refractivity contribution >= 4 is 0 Å². The average Bonchev–Trinajstić information content (AvgIpc) is 1.83. The van der Waals surface area contributed by atoms with E-state index in [1.807, 2.05) is 0 Å². The van der Waals surface area contributed by atoms with Crippen LogP contribution in [0.4, 0.5) is 0 Å². The second-order valence-corrected chi connectivity index (χ2v) is 2.66. The number of unbranched alkanes of at least 4 members (excludes halogenated alkanes) is 1. The van der Waals surface area contributed by atoms with Crippen LogP contribution in [0.1, 0.15) is 46.5 Å². The first kappa shape index (κ1) is 17.0. The minimum atomic E-state index is 0. The molecule has 1 unspecified atom stereocenters. The first-order chi connectivity index (χ1) is 3.81. The minimum Gasteiger partial charge on any atom is -0.344 e. The van der Waals surface area contributed by atoms with Gasteiger partial charge in [-0.2, -0.15) is 0 Å². The van der Waals surface area contributed by atoms with Gasteiger partial charge in [0.2, 0.25) is 0 Å². The van der Waals surface area contributed by atoms with Gasteiger partial charge in [0.1, 0.15) is 0 Å². The number of hydrogen-bond donors (Lipinski definition) is 1. The van der Waals surface area contributed by atoms with Crippen molar-refractivity contribution in [2.75, 3.05) is 0 Å². The first-order valence-electron chi connectivity index (χ1n) is 3.81. The molecule has 69 valence electrons. The molecule has 0 aromatic carbocycles. The molecule has 0 amide bonds. The Morgan fingerprint density at radius 1 is 1.20 bits per heavy atom. The van der Waals surface area contributed by atoms with Crippen molar-refractivity contribution in [1.29, 1.82) is 0 Å². The van der Waals surface area contributed by atoms with E-state index in [4.69, 9.17) is 0 Å². The fourth-order valence-electron chi connectivity index (χ4n) is 0.757.